The van der Waals surface area contributed by atoms with Gasteiger partial charge in [0.25, 0.3) is 6.01 Å². The molecule has 1 aliphatic heterocycles. The van der Waals surface area contributed by atoms with Crippen LogP contribution in [0.4, 0.5) is 14.8 Å². The minimum absolute atomic E-state index is 0.171. The van der Waals surface area contributed by atoms with Crippen LogP contribution in [-0.4, -0.2) is 40.8 Å². The molecule has 0 spiro atoms. The molecule has 1 unspecified atom stereocenters. The molecule has 9 heteroatoms. The van der Waals surface area contributed by atoms with Crippen molar-refractivity contribution in [2.75, 3.05) is 31.6 Å². The van der Waals surface area contributed by atoms with Crippen LogP contribution >= 0.6 is 0 Å². The number of hydrogen-bond acceptors (Lipinski definition) is 6. The van der Waals surface area contributed by atoms with E-state index in [-0.39, 0.29) is 17.1 Å². The first-order valence-electron chi connectivity index (χ1n) is 9.91. The average Bonchev–Trinajstić information content (AvgIpc) is 3.38. The molecule has 1 fully saturated rings. The Morgan fingerprint density at radius 1 is 1.24 bits per heavy atom. The van der Waals surface area contributed by atoms with Gasteiger partial charge in [0.15, 0.2) is 11.4 Å². The van der Waals surface area contributed by atoms with Crippen molar-refractivity contribution in [3.8, 4) is 0 Å². The highest BCUT2D eigenvalue weighted by Crippen LogP contribution is 2.28. The molecule has 2 N–H and O–H groups in total. The van der Waals surface area contributed by atoms with Gasteiger partial charge in [0.05, 0.1) is 12.0 Å². The van der Waals surface area contributed by atoms with Crippen molar-refractivity contribution in [1.82, 2.24) is 19.9 Å². The summed E-state index contributed by atoms with van der Waals surface area (Å²) in [6.07, 6.45) is 5.92. The van der Waals surface area contributed by atoms with Crippen LogP contribution in [0.3, 0.4) is 0 Å². The summed E-state index contributed by atoms with van der Waals surface area (Å²) < 4.78 is 39.9. The van der Waals surface area contributed by atoms with E-state index in [9.17, 15) is 8.78 Å². The van der Waals surface area contributed by atoms with Crippen LogP contribution in [0.15, 0.2) is 29.1 Å². The summed E-state index contributed by atoms with van der Waals surface area (Å²) in [5, 5.41) is 6.34. The third kappa shape index (κ3) is 4.40. The monoisotopic (exact) mass is 405 g/mol. The summed E-state index contributed by atoms with van der Waals surface area (Å²) in [6.45, 7) is 5.75. The van der Waals surface area contributed by atoms with Crippen LogP contribution in [0, 0.1) is 17.6 Å². The van der Waals surface area contributed by atoms with Crippen LogP contribution in [0.5, 0.6) is 0 Å². The molecule has 7 nitrogen and oxygen atoms in total. The van der Waals surface area contributed by atoms with E-state index in [1.165, 1.54) is 6.07 Å². The molecule has 0 bridgehead atoms. The van der Waals surface area contributed by atoms with Crippen molar-refractivity contribution in [3.63, 3.8) is 0 Å². The molecule has 1 atom stereocenters. The minimum atomic E-state index is -1.02. The first kappa shape index (κ1) is 19.8. The van der Waals surface area contributed by atoms with Gasteiger partial charge in [0.2, 0.25) is 5.82 Å². The number of fused-ring (bicyclic) bond motifs is 1. The number of ether oxygens (including phenoxy) is 1. The van der Waals surface area contributed by atoms with E-state index >= 15 is 0 Å². The van der Waals surface area contributed by atoms with E-state index in [1.807, 2.05) is 12.5 Å². The zero-order valence-corrected chi connectivity index (χ0v) is 16.3. The van der Waals surface area contributed by atoms with E-state index in [0.29, 0.717) is 31.6 Å². The second-order valence-corrected chi connectivity index (χ2v) is 7.31. The quantitative estimate of drug-likeness (QED) is 0.559. The number of nitrogens with zero attached hydrogens (tertiary/aromatic N) is 3. The fourth-order valence-corrected chi connectivity index (χ4v) is 3.75. The van der Waals surface area contributed by atoms with Crippen molar-refractivity contribution in [2.45, 2.75) is 32.4 Å². The maximum absolute atomic E-state index is 13.7. The Morgan fingerprint density at radius 2 is 2.07 bits per heavy atom. The van der Waals surface area contributed by atoms with Gasteiger partial charge in [-0.15, -0.1) is 0 Å². The van der Waals surface area contributed by atoms with Gasteiger partial charge in [-0.1, -0.05) is 0 Å². The smallest absolute Gasteiger partial charge is 0.295 e. The van der Waals surface area contributed by atoms with Crippen molar-refractivity contribution in [3.05, 3.63) is 42.0 Å². The lowest BCUT2D eigenvalue weighted by Gasteiger charge is -2.29. The zero-order chi connectivity index (χ0) is 20.2. The Bertz CT molecular complexity index is 952. The number of rotatable bonds is 8. The molecular weight excluding hydrogens is 380 g/mol. The van der Waals surface area contributed by atoms with Crippen molar-refractivity contribution in [1.29, 1.82) is 0 Å². The lowest BCUT2D eigenvalue weighted by Crippen LogP contribution is -2.27. The number of halogens is 2. The molecule has 29 heavy (non-hydrogen) atoms. The van der Waals surface area contributed by atoms with Gasteiger partial charge in [-0.05, 0) is 37.8 Å². The fourth-order valence-electron chi connectivity index (χ4n) is 3.75. The van der Waals surface area contributed by atoms with Gasteiger partial charge in [-0.25, -0.2) is 9.37 Å². The number of aromatic nitrogens is 3. The third-order valence-electron chi connectivity index (χ3n) is 5.47. The molecule has 4 rings (SSSR count). The number of imidazole rings is 1. The maximum Gasteiger partial charge on any atom is 0.295 e. The first-order chi connectivity index (χ1) is 14.1. The molecule has 0 amide bonds. The Morgan fingerprint density at radius 3 is 2.90 bits per heavy atom. The van der Waals surface area contributed by atoms with Gasteiger partial charge in [-0.3, -0.25) is 0 Å². The van der Waals surface area contributed by atoms with Crippen LogP contribution in [0.25, 0.3) is 11.1 Å². The normalized spacial score (nSPS) is 16.4. The fraction of sp³-hybridized carbons (Fsp3) is 0.500. The number of nitrogens with one attached hydrogen (secondary N) is 2. The van der Waals surface area contributed by atoms with E-state index in [4.69, 9.17) is 9.15 Å². The molecule has 0 saturated carbocycles. The Hall–Kier alpha value is -2.52. The van der Waals surface area contributed by atoms with Crippen molar-refractivity contribution < 1.29 is 17.9 Å². The molecule has 3 heterocycles. The Balaban J connectivity index is 1.26. The lowest BCUT2D eigenvalue weighted by atomic mass is 9.92. The number of oxazole rings is 1. The third-order valence-corrected chi connectivity index (χ3v) is 5.47. The van der Waals surface area contributed by atoms with E-state index < -0.39 is 11.6 Å². The largest absolute Gasteiger partial charge is 0.420 e. The van der Waals surface area contributed by atoms with Gasteiger partial charge in [-0.2, -0.15) is 9.37 Å². The Labute approximate surface area is 167 Å². The highest BCUT2D eigenvalue weighted by atomic mass is 19.2. The summed E-state index contributed by atoms with van der Waals surface area (Å²) in [7, 11) is 0. The van der Waals surface area contributed by atoms with Gasteiger partial charge in [0.1, 0.15) is 5.52 Å². The molecule has 0 radical (unpaired) electrons. The predicted octanol–water partition coefficient (Wildman–Crippen LogP) is 3.49. The summed E-state index contributed by atoms with van der Waals surface area (Å²) >= 11 is 0. The SMILES string of the molecule is CC(C1CCOCC1)n1cncc1CNCCNc1nc2ccc(F)c(F)c2o1. The van der Waals surface area contributed by atoms with Gasteiger partial charge >= 0.3 is 0 Å². The second-order valence-electron chi connectivity index (χ2n) is 7.31. The molecule has 1 aliphatic rings. The highest BCUT2D eigenvalue weighted by Gasteiger charge is 2.23. The molecule has 1 aromatic carbocycles. The van der Waals surface area contributed by atoms with Crippen LogP contribution in [0.1, 0.15) is 31.5 Å². The number of hydrogen-bond donors (Lipinski definition) is 2. The predicted molar refractivity (Wildman–Crippen MR) is 105 cm³/mol. The standard InChI is InChI=1S/C20H25F2N5O2/c1-13(14-4-8-28-9-5-14)27-12-24-11-15(27)10-23-6-7-25-20-26-17-3-2-16(21)18(22)19(17)29-20/h2-3,11-14,23H,4-10H2,1H3,(H,25,26). The highest BCUT2D eigenvalue weighted by molar-refractivity contribution is 5.75. The van der Waals surface area contributed by atoms with Crippen molar-refractivity contribution in [2.24, 2.45) is 5.92 Å². The summed E-state index contributed by atoms with van der Waals surface area (Å²) in [4.78, 5) is 8.42. The summed E-state index contributed by atoms with van der Waals surface area (Å²) in [6, 6.07) is 2.98. The molecule has 1 saturated heterocycles. The maximum atomic E-state index is 13.7. The van der Waals surface area contributed by atoms with Gasteiger partial charge in [0, 0.05) is 45.1 Å². The minimum Gasteiger partial charge on any atom is -0.420 e. The molecule has 156 valence electrons. The van der Waals surface area contributed by atoms with E-state index in [1.54, 1.807) is 0 Å². The lowest BCUT2D eigenvalue weighted by molar-refractivity contribution is 0.0509. The molecule has 2 aromatic heterocycles. The summed E-state index contributed by atoms with van der Waals surface area (Å²) in [5.74, 6) is -1.37. The number of benzene rings is 1. The molecule has 3 aromatic rings. The molecular formula is C20H25F2N5O2. The molecule has 0 aliphatic carbocycles. The number of anilines is 1. The van der Waals surface area contributed by atoms with Crippen LogP contribution in [0.2, 0.25) is 0 Å². The average molecular weight is 405 g/mol. The topological polar surface area (TPSA) is 77.1 Å². The Kier molecular flexibility index (Phi) is 6.05. The van der Waals surface area contributed by atoms with Crippen LogP contribution < -0.4 is 10.6 Å². The summed E-state index contributed by atoms with van der Waals surface area (Å²) in [5.41, 5.74) is 1.24. The second kappa shape index (κ2) is 8.87. The van der Waals surface area contributed by atoms with Gasteiger partial charge < -0.3 is 24.4 Å². The zero-order valence-electron chi connectivity index (χ0n) is 16.3. The first-order valence-corrected chi connectivity index (χ1v) is 9.91. The van der Waals surface area contributed by atoms with Crippen molar-refractivity contribution >= 4 is 17.1 Å². The van der Waals surface area contributed by atoms with E-state index in [0.717, 1.165) is 37.8 Å². The van der Waals surface area contributed by atoms with Crippen LogP contribution in [-0.2, 0) is 11.3 Å². The van der Waals surface area contributed by atoms with E-state index in [2.05, 4.69) is 32.1 Å².